The van der Waals surface area contributed by atoms with Gasteiger partial charge in [0.1, 0.15) is 0 Å². The Morgan fingerprint density at radius 3 is 2.46 bits per heavy atom. The van der Waals surface area contributed by atoms with Gasteiger partial charge in [-0.2, -0.15) is 0 Å². The average Bonchev–Trinajstić information content (AvgIpc) is 3.12. The molecule has 3 N–H and O–H groups in total. The fourth-order valence-electron chi connectivity index (χ4n) is 2.76. The number of hydrogen-bond acceptors (Lipinski definition) is 6. The molecule has 134 valence electrons. The lowest BCUT2D eigenvalue weighted by Gasteiger charge is -2.26. The lowest BCUT2D eigenvalue weighted by atomic mass is 10.1. The molecule has 0 radical (unpaired) electrons. The Bertz CT molecular complexity index is 806. The molecule has 4 rings (SSSR count). The van der Waals surface area contributed by atoms with E-state index in [2.05, 4.69) is 45.2 Å². The molecule has 2 aromatic heterocycles. The molecule has 0 spiro atoms. The van der Waals surface area contributed by atoms with Crippen molar-refractivity contribution in [3.8, 4) is 11.3 Å². The van der Waals surface area contributed by atoms with E-state index in [0.717, 1.165) is 49.4 Å². The van der Waals surface area contributed by atoms with Gasteiger partial charge in [-0.25, -0.2) is 4.98 Å². The van der Waals surface area contributed by atoms with E-state index in [1.54, 1.807) is 12.4 Å². The summed E-state index contributed by atoms with van der Waals surface area (Å²) in [5.74, 6) is 0. The number of anilines is 1. The van der Waals surface area contributed by atoms with Gasteiger partial charge in [0.15, 0.2) is 5.13 Å². The molecule has 0 bridgehead atoms. The van der Waals surface area contributed by atoms with Crippen LogP contribution in [-0.2, 0) is 6.54 Å². The minimum absolute atomic E-state index is 0.592. The maximum Gasteiger partial charge on any atom is 0.180 e. The summed E-state index contributed by atoms with van der Waals surface area (Å²) in [7, 11) is 0. The zero-order valence-corrected chi connectivity index (χ0v) is 15.5. The summed E-state index contributed by atoms with van der Waals surface area (Å²) < 4.78 is 0. The van der Waals surface area contributed by atoms with Gasteiger partial charge in [-0.05, 0) is 30.5 Å². The third-order valence-corrected chi connectivity index (χ3v) is 4.86. The second-order valence-electron chi connectivity index (χ2n) is 6.18. The number of aromatic nitrogens is 2. The van der Waals surface area contributed by atoms with Crippen LogP contribution in [0.1, 0.15) is 18.4 Å². The number of thiazole rings is 1. The van der Waals surface area contributed by atoms with Gasteiger partial charge < -0.3 is 11.1 Å². The number of pyridine rings is 1. The Kier molecular flexibility index (Phi) is 6.46. The number of nitrogen functional groups attached to an aromatic ring is 1. The third kappa shape index (κ3) is 5.47. The molecule has 26 heavy (non-hydrogen) atoms. The Morgan fingerprint density at radius 2 is 1.85 bits per heavy atom. The second kappa shape index (κ2) is 9.22. The van der Waals surface area contributed by atoms with E-state index in [-0.39, 0.29) is 0 Å². The van der Waals surface area contributed by atoms with Gasteiger partial charge in [0.05, 0.1) is 5.69 Å². The Labute approximate surface area is 158 Å². The third-order valence-electron chi connectivity index (χ3n) is 4.19. The van der Waals surface area contributed by atoms with Crippen molar-refractivity contribution in [2.75, 3.05) is 18.8 Å². The predicted octanol–water partition coefficient (Wildman–Crippen LogP) is 4.09. The summed E-state index contributed by atoms with van der Waals surface area (Å²) in [5.41, 5.74) is 9.69. The molecule has 1 aromatic carbocycles. The molecular weight excluding hydrogens is 342 g/mol. The van der Waals surface area contributed by atoms with E-state index in [1.807, 2.05) is 17.5 Å². The van der Waals surface area contributed by atoms with Crippen LogP contribution in [0.15, 0.2) is 60.2 Å². The maximum atomic E-state index is 7.53. The van der Waals surface area contributed by atoms with Gasteiger partial charge in [-0.3, -0.25) is 9.88 Å². The predicted molar refractivity (Wildman–Crippen MR) is 108 cm³/mol. The van der Waals surface area contributed by atoms with Crippen molar-refractivity contribution >= 4 is 22.2 Å². The first-order chi connectivity index (χ1) is 12.7. The van der Waals surface area contributed by atoms with Crippen LogP contribution in [0.3, 0.4) is 0 Å². The van der Waals surface area contributed by atoms with E-state index in [4.69, 9.17) is 11.1 Å². The minimum atomic E-state index is 0.592. The zero-order valence-electron chi connectivity index (χ0n) is 14.6. The van der Waals surface area contributed by atoms with Crippen LogP contribution < -0.4 is 5.73 Å². The first kappa shape index (κ1) is 18.2. The lowest BCUT2D eigenvalue weighted by Crippen LogP contribution is -2.32. The molecule has 0 saturated carbocycles. The van der Waals surface area contributed by atoms with Crippen LogP contribution in [0.5, 0.6) is 0 Å². The highest BCUT2D eigenvalue weighted by Crippen LogP contribution is 2.21. The summed E-state index contributed by atoms with van der Waals surface area (Å²) in [6.07, 6.45) is 5.41. The molecule has 1 aliphatic rings. The van der Waals surface area contributed by atoms with Crippen LogP contribution in [-0.4, -0.2) is 33.7 Å². The van der Waals surface area contributed by atoms with Gasteiger partial charge in [0.25, 0.3) is 0 Å². The van der Waals surface area contributed by atoms with Crippen LogP contribution in [0.25, 0.3) is 11.3 Å². The Hall–Kier alpha value is -2.57. The van der Waals surface area contributed by atoms with Crippen molar-refractivity contribution in [2.45, 2.75) is 19.4 Å². The fourth-order valence-corrected chi connectivity index (χ4v) is 3.33. The van der Waals surface area contributed by atoms with Crippen molar-refractivity contribution in [2.24, 2.45) is 0 Å². The Balaban J connectivity index is 0.000000152. The molecule has 1 saturated heterocycles. The first-order valence-corrected chi connectivity index (χ1v) is 9.52. The number of benzene rings is 1. The molecular formula is C20H23N5S. The number of piperidine rings is 1. The van der Waals surface area contributed by atoms with Gasteiger partial charge in [0, 0.05) is 48.7 Å². The molecule has 0 atom stereocenters. The molecule has 3 heterocycles. The highest BCUT2D eigenvalue weighted by Gasteiger charge is 2.13. The van der Waals surface area contributed by atoms with Gasteiger partial charge in [0.2, 0.25) is 0 Å². The van der Waals surface area contributed by atoms with Gasteiger partial charge in [-0.15, -0.1) is 11.3 Å². The average molecular weight is 366 g/mol. The number of nitrogens with zero attached hydrogens (tertiary/aromatic N) is 3. The standard InChI is InChI=1S/C12H16N2.C8H7N3S/c13-12-6-8-14(9-7-12)10-11-4-2-1-3-5-11;9-8-11-7(5-12-8)6-2-1-3-10-4-6/h1-5,13H,6-10H2;1-5H,(H2,9,11). The number of rotatable bonds is 3. The maximum absolute atomic E-state index is 7.53. The lowest BCUT2D eigenvalue weighted by molar-refractivity contribution is 0.266. The van der Waals surface area contributed by atoms with E-state index in [0.29, 0.717) is 5.13 Å². The van der Waals surface area contributed by atoms with Crippen LogP contribution >= 0.6 is 11.3 Å². The van der Waals surface area contributed by atoms with Crippen molar-refractivity contribution in [3.63, 3.8) is 0 Å². The largest absolute Gasteiger partial charge is 0.375 e. The Morgan fingerprint density at radius 1 is 1.08 bits per heavy atom. The highest BCUT2D eigenvalue weighted by molar-refractivity contribution is 7.13. The van der Waals surface area contributed by atoms with Gasteiger partial charge in [-0.1, -0.05) is 30.3 Å². The summed E-state index contributed by atoms with van der Waals surface area (Å²) in [4.78, 5) is 10.6. The van der Waals surface area contributed by atoms with Crippen molar-refractivity contribution in [1.29, 1.82) is 5.41 Å². The molecule has 6 heteroatoms. The first-order valence-electron chi connectivity index (χ1n) is 8.64. The number of hydrogen-bond donors (Lipinski definition) is 2. The summed E-state index contributed by atoms with van der Waals surface area (Å²) in [6, 6.07) is 14.4. The van der Waals surface area contributed by atoms with E-state index < -0.39 is 0 Å². The van der Waals surface area contributed by atoms with E-state index >= 15 is 0 Å². The highest BCUT2D eigenvalue weighted by atomic mass is 32.1. The molecule has 3 aromatic rings. The molecule has 0 amide bonds. The summed E-state index contributed by atoms with van der Waals surface area (Å²) in [5, 5.41) is 10.0. The molecule has 5 nitrogen and oxygen atoms in total. The number of likely N-dealkylation sites (tertiary alicyclic amines) is 1. The van der Waals surface area contributed by atoms with Crippen molar-refractivity contribution < 1.29 is 0 Å². The van der Waals surface area contributed by atoms with Crippen molar-refractivity contribution in [3.05, 3.63) is 65.8 Å². The van der Waals surface area contributed by atoms with Crippen molar-refractivity contribution in [1.82, 2.24) is 14.9 Å². The van der Waals surface area contributed by atoms with Crippen LogP contribution in [0, 0.1) is 5.41 Å². The monoisotopic (exact) mass is 365 g/mol. The van der Waals surface area contributed by atoms with E-state index in [9.17, 15) is 0 Å². The summed E-state index contributed by atoms with van der Waals surface area (Å²) in [6.45, 7) is 3.13. The van der Waals surface area contributed by atoms with E-state index in [1.165, 1.54) is 16.9 Å². The van der Waals surface area contributed by atoms with Crippen LogP contribution in [0.2, 0.25) is 0 Å². The molecule has 1 aliphatic heterocycles. The number of nitrogens with two attached hydrogens (primary N) is 1. The second-order valence-corrected chi connectivity index (χ2v) is 7.07. The topological polar surface area (TPSA) is 78.9 Å². The fraction of sp³-hybridized carbons (Fsp3) is 0.250. The quantitative estimate of drug-likeness (QED) is 0.733. The molecule has 1 fully saturated rings. The zero-order chi connectivity index (χ0) is 18.2. The molecule has 0 aliphatic carbocycles. The van der Waals surface area contributed by atoms with Gasteiger partial charge >= 0.3 is 0 Å². The summed E-state index contributed by atoms with van der Waals surface area (Å²) >= 11 is 1.44. The molecule has 0 unspecified atom stereocenters. The smallest absolute Gasteiger partial charge is 0.180 e. The minimum Gasteiger partial charge on any atom is -0.375 e. The SMILES string of the molecule is N=C1CCN(Cc2ccccc2)CC1.Nc1nc(-c2cccnc2)cs1. The normalized spacial score (nSPS) is 14.5. The van der Waals surface area contributed by atoms with Crippen LogP contribution in [0.4, 0.5) is 5.13 Å². The number of nitrogens with one attached hydrogen (secondary N) is 1.